The van der Waals surface area contributed by atoms with Gasteiger partial charge in [0.15, 0.2) is 6.23 Å². The van der Waals surface area contributed by atoms with Crippen molar-refractivity contribution < 1.29 is 25.2 Å². The quantitative estimate of drug-likeness (QED) is 0.349. The molecule has 0 amide bonds. The minimum Gasteiger partial charge on any atom is -0.394 e. The van der Waals surface area contributed by atoms with Crippen LogP contribution >= 0.6 is 0 Å². The molecular formula is C11H13N3O7. The van der Waals surface area contributed by atoms with Crippen LogP contribution in [0.2, 0.25) is 0 Å². The van der Waals surface area contributed by atoms with Crippen molar-refractivity contribution in [2.24, 2.45) is 0 Å². The van der Waals surface area contributed by atoms with Crippen molar-refractivity contribution in [3.8, 4) is 6.07 Å². The number of ether oxygens (including phenoxy) is 1. The highest BCUT2D eigenvalue weighted by Gasteiger charge is 2.56. The van der Waals surface area contributed by atoms with Crippen LogP contribution in [0.3, 0.4) is 0 Å². The lowest BCUT2D eigenvalue weighted by Crippen LogP contribution is -2.64. The molecule has 2 rings (SSSR count). The first kappa shape index (κ1) is 15.4. The standard InChI is InChI=1S/C11H13N3O7/c12-4-11(20)8(18)7(17)5(3-15)21-9(11)14-2-1-6(16)13-10(14)19/h1-2,5,7-9,15,17-18,20H,3H2,(H,13,16,19)/t5-,7+,8+,9-,11-/m1/s1. The maximum atomic E-state index is 11.7. The number of aromatic amines is 1. The van der Waals surface area contributed by atoms with Gasteiger partial charge in [0.2, 0.25) is 5.60 Å². The number of hydrogen-bond acceptors (Lipinski definition) is 8. The summed E-state index contributed by atoms with van der Waals surface area (Å²) >= 11 is 0. The van der Waals surface area contributed by atoms with Crippen LogP contribution in [0.25, 0.3) is 0 Å². The van der Waals surface area contributed by atoms with Gasteiger partial charge in [-0.3, -0.25) is 14.3 Å². The second-order valence-corrected chi connectivity index (χ2v) is 4.60. The van der Waals surface area contributed by atoms with Gasteiger partial charge in [0, 0.05) is 12.3 Å². The van der Waals surface area contributed by atoms with Crippen LogP contribution in [0.15, 0.2) is 21.9 Å². The van der Waals surface area contributed by atoms with Crippen LogP contribution in [-0.4, -0.2) is 60.5 Å². The van der Waals surface area contributed by atoms with Gasteiger partial charge < -0.3 is 25.2 Å². The van der Waals surface area contributed by atoms with Gasteiger partial charge >= 0.3 is 5.69 Å². The van der Waals surface area contributed by atoms with E-state index in [9.17, 15) is 24.9 Å². The largest absolute Gasteiger partial charge is 0.394 e. The predicted octanol–water partition coefficient (Wildman–Crippen LogP) is -3.60. The number of aromatic nitrogens is 2. The molecule has 10 nitrogen and oxygen atoms in total. The third-order valence-corrected chi connectivity index (χ3v) is 3.30. The Hall–Kier alpha value is -2.03. The van der Waals surface area contributed by atoms with Crippen molar-refractivity contribution in [1.82, 2.24) is 9.55 Å². The molecule has 10 heteroatoms. The highest BCUT2D eigenvalue weighted by atomic mass is 16.6. The van der Waals surface area contributed by atoms with Crippen LogP contribution in [-0.2, 0) is 4.74 Å². The monoisotopic (exact) mass is 299 g/mol. The third kappa shape index (κ3) is 2.37. The Kier molecular flexibility index (Phi) is 3.95. The fourth-order valence-electron chi connectivity index (χ4n) is 2.12. The van der Waals surface area contributed by atoms with Crippen molar-refractivity contribution in [3.63, 3.8) is 0 Å². The van der Waals surface area contributed by atoms with Gasteiger partial charge in [-0.05, 0) is 0 Å². The summed E-state index contributed by atoms with van der Waals surface area (Å²) in [5.41, 5.74) is -4.33. The number of aliphatic hydroxyl groups is 4. The lowest BCUT2D eigenvalue weighted by Gasteiger charge is -2.44. The second-order valence-electron chi connectivity index (χ2n) is 4.60. The summed E-state index contributed by atoms with van der Waals surface area (Å²) in [4.78, 5) is 24.7. The average molecular weight is 299 g/mol. The Morgan fingerprint density at radius 3 is 2.67 bits per heavy atom. The van der Waals surface area contributed by atoms with Crippen molar-refractivity contribution in [3.05, 3.63) is 33.1 Å². The van der Waals surface area contributed by atoms with Crippen LogP contribution < -0.4 is 11.2 Å². The summed E-state index contributed by atoms with van der Waals surface area (Å²) in [6.07, 6.45) is -5.79. The molecule has 1 aromatic rings. The molecule has 1 aromatic heterocycles. The fraction of sp³-hybridized carbons (Fsp3) is 0.545. The Morgan fingerprint density at radius 1 is 1.48 bits per heavy atom. The van der Waals surface area contributed by atoms with Crippen LogP contribution in [0.4, 0.5) is 0 Å². The zero-order valence-electron chi connectivity index (χ0n) is 10.6. The van der Waals surface area contributed by atoms with Gasteiger partial charge in [-0.1, -0.05) is 0 Å². The van der Waals surface area contributed by atoms with E-state index in [0.717, 1.165) is 12.3 Å². The topological polar surface area (TPSA) is 169 Å². The Morgan fingerprint density at radius 2 is 2.14 bits per heavy atom. The zero-order chi connectivity index (χ0) is 15.8. The van der Waals surface area contributed by atoms with E-state index in [-0.39, 0.29) is 0 Å². The smallest absolute Gasteiger partial charge is 0.330 e. The maximum Gasteiger partial charge on any atom is 0.330 e. The van der Waals surface area contributed by atoms with Gasteiger partial charge in [0.25, 0.3) is 5.56 Å². The molecule has 0 aliphatic carbocycles. The van der Waals surface area contributed by atoms with Crippen LogP contribution in [0.5, 0.6) is 0 Å². The zero-order valence-corrected chi connectivity index (χ0v) is 10.6. The molecule has 5 N–H and O–H groups in total. The normalized spacial score (nSPS) is 36.1. The van der Waals surface area contributed by atoms with E-state index in [1.807, 2.05) is 4.98 Å². The van der Waals surface area contributed by atoms with E-state index >= 15 is 0 Å². The van der Waals surface area contributed by atoms with E-state index in [1.165, 1.54) is 6.07 Å². The average Bonchev–Trinajstić information content (AvgIpc) is 2.46. The Bertz CT molecular complexity index is 677. The molecule has 1 saturated heterocycles. The van der Waals surface area contributed by atoms with E-state index in [0.29, 0.717) is 4.57 Å². The maximum absolute atomic E-state index is 11.7. The number of H-pyrrole nitrogens is 1. The summed E-state index contributed by atoms with van der Waals surface area (Å²) in [6, 6.07) is 2.34. The lowest BCUT2D eigenvalue weighted by atomic mass is 9.86. The van der Waals surface area contributed by atoms with Crippen molar-refractivity contribution >= 4 is 0 Å². The second kappa shape index (κ2) is 5.40. The summed E-state index contributed by atoms with van der Waals surface area (Å²) in [7, 11) is 0. The van der Waals surface area contributed by atoms with Crippen LogP contribution in [0, 0.1) is 11.3 Å². The molecule has 2 heterocycles. The number of nitrogens with zero attached hydrogens (tertiary/aromatic N) is 2. The highest BCUT2D eigenvalue weighted by molar-refractivity contribution is 5.14. The molecule has 0 aromatic carbocycles. The molecule has 1 fully saturated rings. The molecule has 21 heavy (non-hydrogen) atoms. The van der Waals surface area contributed by atoms with E-state index < -0.39 is 48.0 Å². The summed E-state index contributed by atoms with van der Waals surface area (Å²) in [6.45, 7) is -0.714. The van der Waals surface area contributed by atoms with Gasteiger partial charge in [0.1, 0.15) is 24.4 Å². The van der Waals surface area contributed by atoms with Crippen molar-refractivity contribution in [1.29, 1.82) is 5.26 Å². The molecule has 0 unspecified atom stereocenters. The van der Waals surface area contributed by atoms with Crippen molar-refractivity contribution in [2.75, 3.05) is 6.61 Å². The number of nitrogens with one attached hydrogen (secondary N) is 1. The molecule has 0 saturated carbocycles. The fourth-order valence-corrected chi connectivity index (χ4v) is 2.12. The molecular weight excluding hydrogens is 286 g/mol. The summed E-state index contributed by atoms with van der Waals surface area (Å²) < 4.78 is 5.82. The first-order chi connectivity index (χ1) is 9.85. The molecule has 5 atom stereocenters. The van der Waals surface area contributed by atoms with Gasteiger partial charge in [-0.25, -0.2) is 4.79 Å². The third-order valence-electron chi connectivity index (χ3n) is 3.30. The van der Waals surface area contributed by atoms with E-state index in [4.69, 9.17) is 15.1 Å². The minimum absolute atomic E-state index is 0.683. The van der Waals surface area contributed by atoms with Gasteiger partial charge in [-0.2, -0.15) is 5.26 Å². The lowest BCUT2D eigenvalue weighted by molar-refractivity contribution is -0.278. The highest BCUT2D eigenvalue weighted by Crippen LogP contribution is 2.35. The molecule has 0 radical (unpaired) electrons. The number of aliphatic hydroxyl groups excluding tert-OH is 3. The van der Waals surface area contributed by atoms with Gasteiger partial charge in [-0.15, -0.1) is 0 Å². The van der Waals surface area contributed by atoms with Crippen molar-refractivity contribution in [2.45, 2.75) is 30.1 Å². The molecule has 1 aliphatic rings. The molecule has 114 valence electrons. The molecule has 1 aliphatic heterocycles. The first-order valence-electron chi connectivity index (χ1n) is 5.92. The predicted molar refractivity (Wildman–Crippen MR) is 64.9 cm³/mol. The molecule has 0 spiro atoms. The first-order valence-corrected chi connectivity index (χ1v) is 5.92. The number of nitriles is 1. The SMILES string of the molecule is N#C[C@@]1(O)[C@@H](O)[C@@H](O)[C@@H](CO)O[C@H]1n1ccc(=O)[nH]c1=O. The molecule has 0 bridgehead atoms. The number of hydrogen-bond donors (Lipinski definition) is 5. The van der Waals surface area contributed by atoms with E-state index in [2.05, 4.69) is 0 Å². The summed E-state index contributed by atoms with van der Waals surface area (Å²) in [5, 5.41) is 47.9. The minimum atomic E-state index is -2.65. The Labute approximate surface area is 117 Å². The summed E-state index contributed by atoms with van der Waals surface area (Å²) in [5.74, 6) is 0. The van der Waals surface area contributed by atoms with Crippen LogP contribution in [0.1, 0.15) is 6.23 Å². The van der Waals surface area contributed by atoms with E-state index in [1.54, 1.807) is 0 Å². The number of rotatable bonds is 2. The van der Waals surface area contributed by atoms with Gasteiger partial charge in [0.05, 0.1) is 6.61 Å². The Balaban J connectivity index is 2.56.